The summed E-state index contributed by atoms with van der Waals surface area (Å²) in [4.78, 5) is 16.1. The maximum atomic E-state index is 14.2. The van der Waals surface area contributed by atoms with Crippen LogP contribution >= 0.6 is 0 Å². The van der Waals surface area contributed by atoms with Gasteiger partial charge < -0.3 is 14.8 Å². The van der Waals surface area contributed by atoms with Crippen molar-refractivity contribution in [2.24, 2.45) is 0 Å². The molecule has 0 saturated carbocycles. The molecule has 1 atom stereocenters. The van der Waals surface area contributed by atoms with Crippen LogP contribution in [0, 0.1) is 20.8 Å². The monoisotopic (exact) mass is 515 g/mol. The lowest BCUT2D eigenvalue weighted by molar-refractivity contribution is 0.194. The molecule has 6 heteroatoms. The van der Waals surface area contributed by atoms with E-state index in [0.717, 1.165) is 51.7 Å². The van der Waals surface area contributed by atoms with Gasteiger partial charge in [-0.1, -0.05) is 61.0 Å². The quantitative estimate of drug-likeness (QED) is 0.273. The summed E-state index contributed by atoms with van der Waals surface area (Å²) in [6.45, 7) is 8.78. The molecule has 0 radical (unpaired) electrons. The number of hydrogen-bond donors (Lipinski definition) is 1. The van der Waals surface area contributed by atoms with E-state index in [-0.39, 0.29) is 12.1 Å². The number of fused-ring (bicyclic) bond motifs is 3. The molecule has 5 aromatic rings. The van der Waals surface area contributed by atoms with Gasteiger partial charge in [0.15, 0.2) is 0 Å². The van der Waals surface area contributed by atoms with Gasteiger partial charge in [-0.2, -0.15) is 5.10 Å². The Morgan fingerprint density at radius 3 is 2.41 bits per heavy atom. The number of benzene rings is 3. The van der Waals surface area contributed by atoms with Crippen LogP contribution in [0.25, 0.3) is 11.5 Å². The lowest BCUT2D eigenvalue weighted by Crippen LogP contribution is -2.38. The summed E-state index contributed by atoms with van der Waals surface area (Å²) in [5.41, 5.74) is 9.45. The summed E-state index contributed by atoms with van der Waals surface area (Å²) in [5.74, 6) is 0.983. The second-order valence-electron chi connectivity index (χ2n) is 10.3. The number of aromatic nitrogens is 3. The molecular formula is C33H33N5O. The zero-order valence-electron chi connectivity index (χ0n) is 22.8. The molecule has 0 saturated heterocycles. The fourth-order valence-corrected chi connectivity index (χ4v) is 5.46. The van der Waals surface area contributed by atoms with E-state index in [9.17, 15) is 4.79 Å². The van der Waals surface area contributed by atoms with Crippen LogP contribution < -0.4 is 5.32 Å². The minimum Gasteiger partial charge on any atom is -0.308 e. The molecule has 0 unspecified atom stereocenters. The largest absolute Gasteiger partial charge is 0.322 e. The van der Waals surface area contributed by atoms with Crippen molar-refractivity contribution in [3.8, 4) is 11.5 Å². The van der Waals surface area contributed by atoms with Gasteiger partial charge in [-0.25, -0.2) is 9.48 Å². The number of nitrogens with one attached hydrogen (secondary N) is 1. The summed E-state index contributed by atoms with van der Waals surface area (Å²) in [7, 11) is 0. The van der Waals surface area contributed by atoms with Crippen LogP contribution in [-0.2, 0) is 13.0 Å². The van der Waals surface area contributed by atoms with Crippen molar-refractivity contribution in [1.29, 1.82) is 0 Å². The molecule has 0 fully saturated rings. The predicted octanol–water partition coefficient (Wildman–Crippen LogP) is 7.29. The molecule has 0 spiro atoms. The molecule has 0 bridgehead atoms. The first-order valence-electron chi connectivity index (χ1n) is 13.5. The Kier molecular flexibility index (Phi) is 6.31. The third kappa shape index (κ3) is 4.42. The van der Waals surface area contributed by atoms with E-state index in [4.69, 9.17) is 5.10 Å². The molecule has 3 heterocycles. The number of anilines is 1. The molecule has 3 aromatic carbocycles. The van der Waals surface area contributed by atoms with Crippen molar-refractivity contribution in [2.75, 3.05) is 5.32 Å². The van der Waals surface area contributed by atoms with E-state index in [1.807, 2.05) is 46.0 Å². The van der Waals surface area contributed by atoms with Crippen LogP contribution in [0.5, 0.6) is 0 Å². The minimum atomic E-state index is -0.284. The van der Waals surface area contributed by atoms with Crippen LogP contribution in [0.3, 0.4) is 0 Å². The van der Waals surface area contributed by atoms with Gasteiger partial charge in [0.25, 0.3) is 0 Å². The molecular weight excluding hydrogens is 482 g/mol. The molecule has 2 amide bonds. The van der Waals surface area contributed by atoms with E-state index in [1.165, 1.54) is 11.1 Å². The number of hydrogen-bond acceptors (Lipinski definition) is 2. The number of para-hydroxylation sites is 1. The number of carbonyl (C=O) groups excluding carboxylic acids is 1. The highest BCUT2D eigenvalue weighted by atomic mass is 16.2. The predicted molar refractivity (Wildman–Crippen MR) is 156 cm³/mol. The molecule has 1 aliphatic rings. The van der Waals surface area contributed by atoms with E-state index < -0.39 is 0 Å². The smallest absolute Gasteiger partial charge is 0.308 e. The highest BCUT2D eigenvalue weighted by Gasteiger charge is 2.36. The van der Waals surface area contributed by atoms with Gasteiger partial charge in [-0.15, -0.1) is 0 Å². The third-order valence-corrected chi connectivity index (χ3v) is 7.72. The third-order valence-electron chi connectivity index (χ3n) is 7.72. The Hall–Kier alpha value is -4.58. The Bertz CT molecular complexity index is 1650. The summed E-state index contributed by atoms with van der Waals surface area (Å²) >= 11 is 0. The Balaban J connectivity index is 1.54. The fourth-order valence-electron chi connectivity index (χ4n) is 5.46. The second kappa shape index (κ2) is 9.95. The maximum absolute atomic E-state index is 14.2. The highest BCUT2D eigenvalue weighted by molar-refractivity contribution is 5.90. The zero-order chi connectivity index (χ0) is 27.1. The number of rotatable bonds is 4. The fraction of sp³-hybridized carbons (Fsp3) is 0.212. The number of aryl methyl sites for hydroxylation is 4. The molecule has 1 N–H and O–H groups in total. The van der Waals surface area contributed by atoms with E-state index in [1.54, 1.807) is 0 Å². The van der Waals surface area contributed by atoms with E-state index in [2.05, 4.69) is 92.3 Å². The van der Waals surface area contributed by atoms with Gasteiger partial charge in [0.1, 0.15) is 5.82 Å². The first kappa shape index (κ1) is 24.7. The number of amides is 2. The summed E-state index contributed by atoms with van der Waals surface area (Å²) in [6.07, 6.45) is 2.85. The minimum absolute atomic E-state index is 0.140. The molecule has 39 heavy (non-hydrogen) atoms. The molecule has 196 valence electrons. The average Bonchev–Trinajstić information content (AvgIpc) is 3.53. The van der Waals surface area contributed by atoms with Gasteiger partial charge in [0, 0.05) is 17.4 Å². The maximum Gasteiger partial charge on any atom is 0.322 e. The normalized spacial score (nSPS) is 14.5. The molecule has 0 aliphatic carbocycles. The van der Waals surface area contributed by atoms with Crippen LogP contribution in [-0.4, -0.2) is 25.3 Å². The Morgan fingerprint density at radius 1 is 0.923 bits per heavy atom. The number of urea groups is 1. The molecule has 1 aliphatic heterocycles. The van der Waals surface area contributed by atoms with Crippen molar-refractivity contribution in [1.82, 2.24) is 19.2 Å². The van der Waals surface area contributed by atoms with E-state index >= 15 is 0 Å². The Morgan fingerprint density at radius 2 is 1.69 bits per heavy atom. The van der Waals surface area contributed by atoms with Crippen molar-refractivity contribution in [2.45, 2.75) is 46.7 Å². The zero-order valence-corrected chi connectivity index (χ0v) is 22.8. The standard InChI is InChI=1S/C33H33N5O/c1-5-29-28-21-37(33(39)34-26-18-15-23(3)24(4)20-26)31(25-16-13-22(2)14-17-25)30-12-9-19-36(30)32(28)38(35-29)27-10-7-6-8-11-27/h6-20,31H,5,21H2,1-4H3,(H,34,39)/t31-/m1/s1. The van der Waals surface area contributed by atoms with Gasteiger partial charge >= 0.3 is 6.03 Å². The second-order valence-corrected chi connectivity index (χ2v) is 10.3. The number of nitrogens with zero attached hydrogens (tertiary/aromatic N) is 4. The van der Waals surface area contributed by atoms with Crippen LogP contribution in [0.15, 0.2) is 91.1 Å². The number of carbonyl (C=O) groups is 1. The van der Waals surface area contributed by atoms with Crippen molar-refractivity contribution < 1.29 is 4.79 Å². The Labute approximate surface area is 229 Å². The van der Waals surface area contributed by atoms with Crippen molar-refractivity contribution >= 4 is 11.7 Å². The van der Waals surface area contributed by atoms with Gasteiger partial charge in [0.05, 0.1) is 29.7 Å². The van der Waals surface area contributed by atoms with Gasteiger partial charge in [0.2, 0.25) is 0 Å². The van der Waals surface area contributed by atoms with Crippen LogP contribution in [0.4, 0.5) is 10.5 Å². The van der Waals surface area contributed by atoms with Crippen molar-refractivity contribution in [3.05, 3.63) is 130 Å². The van der Waals surface area contributed by atoms with Crippen molar-refractivity contribution in [3.63, 3.8) is 0 Å². The first-order valence-corrected chi connectivity index (χ1v) is 13.5. The highest BCUT2D eigenvalue weighted by Crippen LogP contribution is 2.39. The van der Waals surface area contributed by atoms with Gasteiger partial charge in [-0.3, -0.25) is 0 Å². The van der Waals surface area contributed by atoms with Crippen LogP contribution in [0.2, 0.25) is 0 Å². The average molecular weight is 516 g/mol. The lowest BCUT2D eigenvalue weighted by Gasteiger charge is -2.31. The SMILES string of the molecule is CCc1nn(-c2ccccc2)c2c1CN(C(=O)Nc1ccc(C)c(C)c1)[C@H](c1ccc(C)cc1)c1cccn1-2. The summed E-state index contributed by atoms with van der Waals surface area (Å²) in [5, 5.41) is 8.25. The van der Waals surface area contributed by atoms with Crippen LogP contribution in [0.1, 0.15) is 52.2 Å². The summed E-state index contributed by atoms with van der Waals surface area (Å²) < 4.78 is 4.23. The lowest BCUT2D eigenvalue weighted by atomic mass is 10.0. The first-order chi connectivity index (χ1) is 18.9. The summed E-state index contributed by atoms with van der Waals surface area (Å²) in [6, 6.07) is 28.5. The molecule has 2 aromatic heterocycles. The van der Waals surface area contributed by atoms with Gasteiger partial charge in [-0.05, 0) is 80.3 Å². The molecule has 6 rings (SSSR count). The van der Waals surface area contributed by atoms with E-state index in [0.29, 0.717) is 6.54 Å². The topological polar surface area (TPSA) is 55.1 Å². The molecule has 6 nitrogen and oxygen atoms in total.